The predicted octanol–water partition coefficient (Wildman–Crippen LogP) is 2.83. The zero-order valence-electron chi connectivity index (χ0n) is 10.5. The second kappa shape index (κ2) is 4.57. The summed E-state index contributed by atoms with van der Waals surface area (Å²) in [5.74, 6) is 0.619. The number of hydrogen-bond donors (Lipinski definition) is 1. The van der Waals surface area contributed by atoms with Crippen molar-refractivity contribution in [3.8, 4) is 0 Å². The molecule has 3 rings (SSSR count). The normalized spacial score (nSPS) is 10.6. The monoisotopic (exact) mass is 251 g/mol. The third-order valence-electron chi connectivity index (χ3n) is 3.12. The minimum Gasteiger partial charge on any atom is -0.330 e. The van der Waals surface area contributed by atoms with Crippen LogP contribution in [0.1, 0.15) is 10.4 Å². The summed E-state index contributed by atoms with van der Waals surface area (Å²) in [6.45, 7) is 0. The molecule has 0 atom stereocenters. The Balaban J connectivity index is 1.94. The van der Waals surface area contributed by atoms with Gasteiger partial charge in [0, 0.05) is 30.3 Å². The Hall–Kier alpha value is -2.62. The minimum atomic E-state index is -0.154. The van der Waals surface area contributed by atoms with Crippen LogP contribution in [-0.2, 0) is 7.05 Å². The number of amides is 1. The molecule has 0 bridgehead atoms. The van der Waals surface area contributed by atoms with Crippen LogP contribution >= 0.6 is 0 Å². The van der Waals surface area contributed by atoms with E-state index in [0.717, 1.165) is 16.7 Å². The Bertz CT molecular complexity index is 731. The average molecular weight is 251 g/mol. The van der Waals surface area contributed by atoms with Crippen molar-refractivity contribution in [1.29, 1.82) is 0 Å². The number of aromatic nitrogens is 2. The van der Waals surface area contributed by atoms with Gasteiger partial charge in [0.1, 0.15) is 5.82 Å². The number of rotatable bonds is 2. The van der Waals surface area contributed by atoms with E-state index in [1.807, 2.05) is 41.9 Å². The molecule has 0 saturated carbocycles. The smallest absolute Gasteiger partial charge is 0.258 e. The Kier molecular flexibility index (Phi) is 2.76. The lowest BCUT2D eigenvalue weighted by Crippen LogP contribution is -2.14. The maximum atomic E-state index is 12.1. The number of hydrogen-bond acceptors (Lipinski definition) is 2. The molecule has 3 aromatic rings. The second-order valence-corrected chi connectivity index (χ2v) is 4.34. The Labute approximate surface area is 110 Å². The quantitative estimate of drug-likeness (QED) is 0.761. The third kappa shape index (κ3) is 2.08. The molecule has 94 valence electrons. The van der Waals surface area contributed by atoms with Crippen LogP contribution in [-0.4, -0.2) is 15.5 Å². The number of anilines is 1. The van der Waals surface area contributed by atoms with E-state index in [4.69, 9.17) is 0 Å². The van der Waals surface area contributed by atoms with Crippen molar-refractivity contribution in [2.45, 2.75) is 0 Å². The van der Waals surface area contributed by atoms with E-state index in [-0.39, 0.29) is 5.91 Å². The number of benzene rings is 1. The molecule has 0 fully saturated rings. The standard InChI is InChI=1S/C15H13N3O/c1-18-13-7-3-2-5-11(13)9-14(18)17-15(19)12-6-4-8-16-10-12/h2-10H,1H3,(H,17,19). The molecule has 1 N–H and O–H groups in total. The minimum absolute atomic E-state index is 0.154. The molecule has 0 aliphatic rings. The number of fused-ring (bicyclic) bond motifs is 1. The number of aryl methyl sites for hydroxylation is 1. The summed E-state index contributed by atoms with van der Waals surface area (Å²) in [5.41, 5.74) is 1.64. The third-order valence-corrected chi connectivity index (χ3v) is 3.12. The van der Waals surface area contributed by atoms with Gasteiger partial charge in [0.15, 0.2) is 0 Å². The largest absolute Gasteiger partial charge is 0.330 e. The van der Waals surface area contributed by atoms with Gasteiger partial charge < -0.3 is 9.88 Å². The molecule has 4 nitrogen and oxygen atoms in total. The van der Waals surface area contributed by atoms with E-state index in [0.29, 0.717) is 5.56 Å². The number of nitrogens with zero attached hydrogens (tertiary/aromatic N) is 2. The maximum Gasteiger partial charge on any atom is 0.258 e. The fourth-order valence-electron chi connectivity index (χ4n) is 2.09. The van der Waals surface area contributed by atoms with Crippen molar-refractivity contribution >= 4 is 22.6 Å². The van der Waals surface area contributed by atoms with Gasteiger partial charge in [0.25, 0.3) is 5.91 Å². The number of carbonyl (C=O) groups is 1. The van der Waals surface area contributed by atoms with Gasteiger partial charge in [-0.3, -0.25) is 9.78 Å². The molecule has 0 saturated heterocycles. The van der Waals surface area contributed by atoms with Crippen molar-refractivity contribution < 1.29 is 4.79 Å². The van der Waals surface area contributed by atoms with Crippen LogP contribution in [0, 0.1) is 0 Å². The molecule has 2 heterocycles. The highest BCUT2D eigenvalue weighted by molar-refractivity contribution is 6.05. The summed E-state index contributed by atoms with van der Waals surface area (Å²) in [6.07, 6.45) is 3.20. The molecule has 0 spiro atoms. The van der Waals surface area contributed by atoms with Crippen LogP contribution in [0.3, 0.4) is 0 Å². The fraction of sp³-hybridized carbons (Fsp3) is 0.0667. The van der Waals surface area contributed by atoms with Gasteiger partial charge in [0.05, 0.1) is 5.56 Å². The summed E-state index contributed by atoms with van der Waals surface area (Å²) in [4.78, 5) is 16.0. The van der Waals surface area contributed by atoms with Crippen molar-refractivity contribution in [2.24, 2.45) is 7.05 Å². The predicted molar refractivity (Wildman–Crippen MR) is 75.1 cm³/mol. The lowest BCUT2D eigenvalue weighted by atomic mass is 10.2. The number of nitrogens with one attached hydrogen (secondary N) is 1. The molecule has 19 heavy (non-hydrogen) atoms. The molecule has 0 radical (unpaired) electrons. The van der Waals surface area contributed by atoms with E-state index in [1.165, 1.54) is 0 Å². The molecular weight excluding hydrogens is 238 g/mol. The van der Waals surface area contributed by atoms with Gasteiger partial charge in [-0.1, -0.05) is 18.2 Å². The van der Waals surface area contributed by atoms with E-state index >= 15 is 0 Å². The first-order valence-corrected chi connectivity index (χ1v) is 6.01. The molecular formula is C15H13N3O. The first-order chi connectivity index (χ1) is 9.25. The van der Waals surface area contributed by atoms with Crippen molar-refractivity contribution in [3.63, 3.8) is 0 Å². The van der Waals surface area contributed by atoms with Crippen molar-refractivity contribution in [2.75, 3.05) is 5.32 Å². The Morgan fingerprint density at radius 3 is 2.79 bits per heavy atom. The van der Waals surface area contributed by atoms with Gasteiger partial charge in [-0.05, 0) is 24.3 Å². The van der Waals surface area contributed by atoms with Crippen LogP contribution in [0.5, 0.6) is 0 Å². The van der Waals surface area contributed by atoms with Gasteiger partial charge in [-0.15, -0.1) is 0 Å². The highest BCUT2D eigenvalue weighted by Gasteiger charge is 2.10. The summed E-state index contributed by atoms with van der Waals surface area (Å²) in [7, 11) is 1.93. The van der Waals surface area contributed by atoms with E-state index in [1.54, 1.807) is 24.5 Å². The van der Waals surface area contributed by atoms with Crippen LogP contribution in [0.25, 0.3) is 10.9 Å². The lowest BCUT2D eigenvalue weighted by molar-refractivity contribution is 0.102. The first-order valence-electron chi connectivity index (χ1n) is 6.01. The maximum absolute atomic E-state index is 12.1. The van der Waals surface area contributed by atoms with Gasteiger partial charge in [-0.25, -0.2) is 0 Å². The van der Waals surface area contributed by atoms with Crippen molar-refractivity contribution in [1.82, 2.24) is 9.55 Å². The number of para-hydroxylation sites is 1. The zero-order chi connectivity index (χ0) is 13.2. The molecule has 2 aromatic heterocycles. The summed E-state index contributed by atoms with van der Waals surface area (Å²) in [5, 5.41) is 4.00. The summed E-state index contributed by atoms with van der Waals surface area (Å²) in [6, 6.07) is 13.5. The van der Waals surface area contributed by atoms with Gasteiger partial charge in [-0.2, -0.15) is 0 Å². The van der Waals surface area contributed by atoms with Crippen LogP contribution in [0.15, 0.2) is 54.9 Å². The highest BCUT2D eigenvalue weighted by Crippen LogP contribution is 2.22. The number of pyridine rings is 1. The molecule has 0 unspecified atom stereocenters. The topological polar surface area (TPSA) is 46.9 Å². The van der Waals surface area contributed by atoms with Crippen LogP contribution in [0.4, 0.5) is 5.82 Å². The first kappa shape index (κ1) is 11.5. The van der Waals surface area contributed by atoms with Gasteiger partial charge in [0.2, 0.25) is 0 Å². The Morgan fingerprint density at radius 1 is 1.21 bits per heavy atom. The molecule has 1 aromatic carbocycles. The summed E-state index contributed by atoms with van der Waals surface area (Å²) < 4.78 is 1.96. The van der Waals surface area contributed by atoms with E-state index in [9.17, 15) is 4.79 Å². The van der Waals surface area contributed by atoms with Crippen molar-refractivity contribution in [3.05, 3.63) is 60.4 Å². The Morgan fingerprint density at radius 2 is 2.05 bits per heavy atom. The van der Waals surface area contributed by atoms with Crippen LogP contribution < -0.4 is 5.32 Å². The van der Waals surface area contributed by atoms with Crippen LogP contribution in [0.2, 0.25) is 0 Å². The van der Waals surface area contributed by atoms with E-state index in [2.05, 4.69) is 10.3 Å². The highest BCUT2D eigenvalue weighted by atomic mass is 16.1. The second-order valence-electron chi connectivity index (χ2n) is 4.34. The molecule has 0 aliphatic carbocycles. The lowest BCUT2D eigenvalue weighted by Gasteiger charge is -2.06. The molecule has 4 heteroatoms. The number of carbonyl (C=O) groups excluding carboxylic acids is 1. The molecule has 0 aliphatic heterocycles. The zero-order valence-corrected chi connectivity index (χ0v) is 10.5. The fourth-order valence-corrected chi connectivity index (χ4v) is 2.09. The molecule has 1 amide bonds. The summed E-state index contributed by atoms with van der Waals surface area (Å²) >= 11 is 0. The SMILES string of the molecule is Cn1c(NC(=O)c2cccnc2)cc2ccccc21. The van der Waals surface area contributed by atoms with Gasteiger partial charge >= 0.3 is 0 Å². The van der Waals surface area contributed by atoms with E-state index < -0.39 is 0 Å². The average Bonchev–Trinajstić information content (AvgIpc) is 2.77.